The maximum Gasteiger partial charge on any atom is 0.184 e. The zero-order chi connectivity index (χ0) is 13.9. The molecule has 0 bridgehead atoms. The zero-order valence-electron chi connectivity index (χ0n) is 11.0. The summed E-state index contributed by atoms with van der Waals surface area (Å²) in [5.74, 6) is 0.647. The molecule has 106 valence electrons. The lowest BCUT2D eigenvalue weighted by Gasteiger charge is -2.22. The van der Waals surface area contributed by atoms with E-state index in [0.717, 1.165) is 25.0 Å². The molecule has 0 aliphatic carbocycles. The van der Waals surface area contributed by atoms with E-state index in [0.29, 0.717) is 23.1 Å². The number of nitrogen functional groups attached to an aromatic ring is 1. The molecule has 7 heteroatoms. The van der Waals surface area contributed by atoms with Crippen molar-refractivity contribution in [2.45, 2.75) is 31.9 Å². The Morgan fingerprint density at radius 2 is 2.30 bits per heavy atom. The van der Waals surface area contributed by atoms with Gasteiger partial charge in [-0.25, -0.2) is 4.68 Å². The number of anilines is 1. The number of hydrogen-bond acceptors (Lipinski definition) is 5. The van der Waals surface area contributed by atoms with Gasteiger partial charge in [-0.1, -0.05) is 11.6 Å². The van der Waals surface area contributed by atoms with Gasteiger partial charge in [0, 0.05) is 22.9 Å². The molecule has 1 fully saturated rings. The van der Waals surface area contributed by atoms with Gasteiger partial charge in [0.2, 0.25) is 0 Å². The minimum absolute atomic E-state index is 0.166. The van der Waals surface area contributed by atoms with Crippen LogP contribution < -0.4 is 5.73 Å². The van der Waals surface area contributed by atoms with Gasteiger partial charge in [-0.15, -0.1) is 5.10 Å². The molecular weight excluding hydrogens is 278 g/mol. The summed E-state index contributed by atoms with van der Waals surface area (Å²) in [5, 5.41) is 12.4. The minimum atomic E-state index is 0.166. The van der Waals surface area contributed by atoms with Gasteiger partial charge >= 0.3 is 0 Å². The van der Waals surface area contributed by atoms with Gasteiger partial charge in [-0.3, -0.25) is 0 Å². The van der Waals surface area contributed by atoms with E-state index in [1.54, 1.807) is 16.8 Å². The molecule has 1 atom stereocenters. The number of tetrazole rings is 1. The SMILES string of the molecule is Nc1cc(Cl)ccc1-c1nnnn1CC1CCCCO1. The molecule has 1 aliphatic heterocycles. The van der Waals surface area contributed by atoms with Crippen LogP contribution in [0.5, 0.6) is 0 Å². The van der Waals surface area contributed by atoms with Crippen LogP contribution in [0, 0.1) is 0 Å². The predicted molar refractivity (Wildman–Crippen MR) is 76.3 cm³/mol. The van der Waals surface area contributed by atoms with Crippen molar-refractivity contribution in [3.05, 3.63) is 23.2 Å². The normalized spacial score (nSPS) is 19.1. The highest BCUT2D eigenvalue weighted by Crippen LogP contribution is 2.27. The number of aromatic nitrogens is 4. The second kappa shape index (κ2) is 5.76. The summed E-state index contributed by atoms with van der Waals surface area (Å²) in [7, 11) is 0. The number of hydrogen-bond donors (Lipinski definition) is 1. The lowest BCUT2D eigenvalue weighted by molar-refractivity contribution is 0.00398. The number of nitrogens with zero attached hydrogens (tertiary/aromatic N) is 4. The van der Waals surface area contributed by atoms with E-state index in [2.05, 4.69) is 15.5 Å². The van der Waals surface area contributed by atoms with Gasteiger partial charge in [0.15, 0.2) is 5.82 Å². The van der Waals surface area contributed by atoms with Crippen molar-refractivity contribution in [2.24, 2.45) is 0 Å². The highest BCUT2D eigenvalue weighted by atomic mass is 35.5. The van der Waals surface area contributed by atoms with Crippen LogP contribution >= 0.6 is 11.6 Å². The second-order valence-corrected chi connectivity index (χ2v) is 5.34. The Bertz CT molecular complexity index is 594. The van der Waals surface area contributed by atoms with Crippen LogP contribution in [0.25, 0.3) is 11.4 Å². The first kappa shape index (κ1) is 13.3. The van der Waals surface area contributed by atoms with E-state index in [1.165, 1.54) is 6.42 Å². The maximum absolute atomic E-state index is 5.99. The topological polar surface area (TPSA) is 78.9 Å². The van der Waals surface area contributed by atoms with Crippen molar-refractivity contribution in [1.82, 2.24) is 20.2 Å². The lowest BCUT2D eigenvalue weighted by atomic mass is 10.1. The molecule has 2 heterocycles. The number of benzene rings is 1. The van der Waals surface area contributed by atoms with Crippen LogP contribution in [-0.2, 0) is 11.3 Å². The Labute approximate surface area is 121 Å². The second-order valence-electron chi connectivity index (χ2n) is 4.90. The van der Waals surface area contributed by atoms with Crippen molar-refractivity contribution in [3.8, 4) is 11.4 Å². The molecule has 2 aromatic rings. The Morgan fingerprint density at radius 1 is 1.40 bits per heavy atom. The molecule has 20 heavy (non-hydrogen) atoms. The fourth-order valence-corrected chi connectivity index (χ4v) is 2.58. The van der Waals surface area contributed by atoms with E-state index in [9.17, 15) is 0 Å². The standard InChI is InChI=1S/C13H16ClN5O/c14-9-4-5-11(12(15)7-9)13-16-17-18-19(13)8-10-3-1-2-6-20-10/h4-5,7,10H,1-3,6,8,15H2. The molecule has 0 amide bonds. The van der Waals surface area contributed by atoms with E-state index in [1.807, 2.05) is 6.07 Å². The molecule has 0 radical (unpaired) electrons. The highest BCUT2D eigenvalue weighted by Gasteiger charge is 2.19. The Kier molecular flexibility index (Phi) is 3.84. The summed E-state index contributed by atoms with van der Waals surface area (Å²) in [5.41, 5.74) is 7.34. The quantitative estimate of drug-likeness (QED) is 0.877. The first-order valence-electron chi connectivity index (χ1n) is 6.67. The van der Waals surface area contributed by atoms with Gasteiger partial charge in [0.25, 0.3) is 0 Å². The largest absolute Gasteiger partial charge is 0.398 e. The number of rotatable bonds is 3. The molecule has 1 unspecified atom stereocenters. The molecule has 2 N–H and O–H groups in total. The van der Waals surface area contributed by atoms with Crippen LogP contribution in [0.4, 0.5) is 5.69 Å². The fraction of sp³-hybridized carbons (Fsp3) is 0.462. The van der Waals surface area contributed by atoms with Gasteiger partial charge in [-0.05, 0) is 47.9 Å². The molecule has 3 rings (SSSR count). The molecule has 1 aliphatic rings. The average molecular weight is 294 g/mol. The van der Waals surface area contributed by atoms with E-state index < -0.39 is 0 Å². The number of nitrogens with two attached hydrogens (primary N) is 1. The zero-order valence-corrected chi connectivity index (χ0v) is 11.8. The number of ether oxygens (including phenoxy) is 1. The minimum Gasteiger partial charge on any atom is -0.398 e. The molecule has 6 nitrogen and oxygen atoms in total. The highest BCUT2D eigenvalue weighted by molar-refractivity contribution is 6.31. The molecule has 1 saturated heterocycles. The maximum atomic E-state index is 5.99. The van der Waals surface area contributed by atoms with Crippen molar-refractivity contribution in [1.29, 1.82) is 0 Å². The monoisotopic (exact) mass is 293 g/mol. The third kappa shape index (κ3) is 2.76. The van der Waals surface area contributed by atoms with Crippen LogP contribution in [0.2, 0.25) is 5.02 Å². The van der Waals surface area contributed by atoms with Gasteiger partial charge in [0.05, 0.1) is 12.6 Å². The summed E-state index contributed by atoms with van der Waals surface area (Å²) in [6.07, 6.45) is 3.52. The first-order valence-corrected chi connectivity index (χ1v) is 7.05. The van der Waals surface area contributed by atoms with E-state index in [-0.39, 0.29) is 6.10 Å². The van der Waals surface area contributed by atoms with Crippen LogP contribution in [0.15, 0.2) is 18.2 Å². The Hall–Kier alpha value is -1.66. The Balaban J connectivity index is 1.85. The summed E-state index contributed by atoms with van der Waals surface area (Å²) in [4.78, 5) is 0. The molecular formula is C13H16ClN5O. The van der Waals surface area contributed by atoms with Crippen LogP contribution in [-0.4, -0.2) is 32.9 Å². The fourth-order valence-electron chi connectivity index (χ4n) is 2.40. The van der Waals surface area contributed by atoms with Crippen molar-refractivity contribution in [3.63, 3.8) is 0 Å². The van der Waals surface area contributed by atoms with E-state index in [4.69, 9.17) is 22.1 Å². The van der Waals surface area contributed by atoms with Crippen molar-refractivity contribution < 1.29 is 4.74 Å². The molecule has 1 aromatic heterocycles. The third-order valence-electron chi connectivity index (χ3n) is 3.44. The van der Waals surface area contributed by atoms with Gasteiger partial charge in [0.1, 0.15) is 0 Å². The number of halogens is 1. The van der Waals surface area contributed by atoms with Crippen molar-refractivity contribution in [2.75, 3.05) is 12.3 Å². The van der Waals surface area contributed by atoms with Crippen molar-refractivity contribution >= 4 is 17.3 Å². The summed E-state index contributed by atoms with van der Waals surface area (Å²) < 4.78 is 7.47. The Morgan fingerprint density at radius 3 is 3.05 bits per heavy atom. The summed E-state index contributed by atoms with van der Waals surface area (Å²) >= 11 is 5.92. The van der Waals surface area contributed by atoms with Gasteiger partial charge in [-0.2, -0.15) is 0 Å². The lowest BCUT2D eigenvalue weighted by Crippen LogP contribution is -2.25. The van der Waals surface area contributed by atoms with Crippen LogP contribution in [0.1, 0.15) is 19.3 Å². The van der Waals surface area contributed by atoms with Crippen LogP contribution in [0.3, 0.4) is 0 Å². The summed E-state index contributed by atoms with van der Waals surface area (Å²) in [6.45, 7) is 1.45. The average Bonchev–Trinajstić information content (AvgIpc) is 2.88. The van der Waals surface area contributed by atoms with Gasteiger partial charge < -0.3 is 10.5 Å². The molecule has 0 spiro atoms. The third-order valence-corrected chi connectivity index (χ3v) is 3.67. The molecule has 1 aromatic carbocycles. The smallest absolute Gasteiger partial charge is 0.184 e. The van der Waals surface area contributed by atoms with E-state index >= 15 is 0 Å². The summed E-state index contributed by atoms with van der Waals surface area (Å²) in [6, 6.07) is 5.32. The predicted octanol–water partition coefficient (Wildman–Crippen LogP) is 2.14. The molecule has 0 saturated carbocycles. The first-order chi connectivity index (χ1) is 9.74.